The lowest BCUT2D eigenvalue weighted by Crippen LogP contribution is -2.55. The lowest BCUT2D eigenvalue weighted by molar-refractivity contribution is -0.147. The van der Waals surface area contributed by atoms with Crippen molar-refractivity contribution < 1.29 is 76.9 Å². The second kappa shape index (κ2) is 37.9. The lowest BCUT2D eigenvalue weighted by atomic mass is 9.88. The normalized spacial score (nSPS) is 16.9. The number of alkyl carbamates (subject to hydrolysis) is 1. The first-order valence-electron chi connectivity index (χ1n) is 32.2. The van der Waals surface area contributed by atoms with Crippen LogP contribution in [0.1, 0.15) is 138 Å². The number of primary amides is 1. The number of carboxylic acid groups (broad SMARTS) is 1. The summed E-state index contributed by atoms with van der Waals surface area (Å²) >= 11 is 0. The highest BCUT2D eigenvalue weighted by molar-refractivity contribution is 6.13. The number of hydrogen-bond acceptors (Lipinski definition) is 15. The van der Waals surface area contributed by atoms with Crippen molar-refractivity contribution in [1.29, 1.82) is 0 Å². The minimum atomic E-state index is -1.61. The SMILES string of the molecule is CC[C@H](C)[C@@H]([C@@H](CC(=O)N1CCC[C@H]1[C@H](OC)[C@@H](C)C(=O)NC(Cc1ccccc1)C(=O)O)OC)N(C)C(=O)C(/C=N/C(=O)C(C)(C)NC(=O)OCc1ccc(NC(=O)[C@H](CCCNC(N)=O)NC(=O)[C@@H](NC(=O)CCCCCN2C(=O)C=CC2=O)C(C)C)cc1)C(C)C. The number of unbranched alkanes of at least 4 members (excludes halogenated alkanes) is 2. The minimum absolute atomic E-state index is 0.0774. The second-order valence-electron chi connectivity index (χ2n) is 25.3. The number of carbonyl (C=O) groups excluding carboxylic acids is 11. The number of benzene rings is 2. The maximum atomic E-state index is 14.6. The topological polar surface area (TPSA) is 373 Å². The van der Waals surface area contributed by atoms with Gasteiger partial charge in [-0.3, -0.25) is 48.1 Å². The van der Waals surface area contributed by atoms with E-state index in [9.17, 15) is 62.6 Å². The highest BCUT2D eigenvalue weighted by Gasteiger charge is 2.44. The number of nitrogens with zero attached hydrogens (tertiary/aromatic N) is 4. The number of amides is 12. The van der Waals surface area contributed by atoms with E-state index in [0.717, 1.165) is 10.5 Å². The van der Waals surface area contributed by atoms with Gasteiger partial charge in [0.15, 0.2) is 0 Å². The molecule has 94 heavy (non-hydrogen) atoms. The number of ether oxygens (including phenoxy) is 3. The summed E-state index contributed by atoms with van der Waals surface area (Å²) in [4.78, 5) is 166. The molecule has 518 valence electrons. The molecule has 2 aliphatic rings. The fraction of sp³-hybridized carbons (Fsp3) is 0.597. The number of aliphatic carboxylic acids is 1. The Kier molecular flexibility index (Phi) is 31.4. The smallest absolute Gasteiger partial charge is 0.408 e. The van der Waals surface area contributed by atoms with Gasteiger partial charge in [0.05, 0.1) is 42.5 Å². The number of likely N-dealkylation sites (N-methyl/N-ethyl adjacent to an activating group) is 1. The first kappa shape index (κ1) is 77.9. The third kappa shape index (κ3) is 23.8. The summed E-state index contributed by atoms with van der Waals surface area (Å²) in [7, 11) is 4.55. The summed E-state index contributed by atoms with van der Waals surface area (Å²) in [5.41, 5.74) is 5.18. The van der Waals surface area contributed by atoms with Gasteiger partial charge in [-0.05, 0) is 93.4 Å². The molecule has 9 N–H and O–H groups in total. The Morgan fingerprint density at radius 1 is 0.798 bits per heavy atom. The number of likely N-dealkylation sites (tertiary alicyclic amines) is 1. The minimum Gasteiger partial charge on any atom is -0.480 e. The third-order valence-electron chi connectivity index (χ3n) is 17.1. The van der Waals surface area contributed by atoms with Crippen molar-refractivity contribution in [2.24, 2.45) is 40.3 Å². The number of urea groups is 1. The number of methoxy groups -OCH3 is 2. The van der Waals surface area contributed by atoms with Gasteiger partial charge < -0.3 is 66.8 Å². The maximum Gasteiger partial charge on any atom is 0.408 e. The van der Waals surface area contributed by atoms with E-state index in [-0.39, 0.29) is 93.2 Å². The Bertz CT molecular complexity index is 2980. The number of aliphatic imine (C=N–C) groups is 1. The fourth-order valence-corrected chi connectivity index (χ4v) is 11.3. The molecular weight excluding hydrogens is 1210 g/mol. The number of anilines is 1. The Balaban J connectivity index is 1.34. The predicted octanol–water partition coefficient (Wildman–Crippen LogP) is 4.79. The quantitative estimate of drug-likeness (QED) is 0.0254. The molecule has 2 heterocycles. The van der Waals surface area contributed by atoms with E-state index in [4.69, 9.17) is 19.9 Å². The largest absolute Gasteiger partial charge is 0.480 e. The Morgan fingerprint density at radius 2 is 1.45 bits per heavy atom. The van der Waals surface area contributed by atoms with Crippen LogP contribution in [0, 0.1) is 29.6 Å². The fourth-order valence-electron chi connectivity index (χ4n) is 11.3. The van der Waals surface area contributed by atoms with Crippen molar-refractivity contribution in [3.8, 4) is 0 Å². The molecule has 12 amide bonds. The Morgan fingerprint density at radius 3 is 2.03 bits per heavy atom. The Labute approximate surface area is 551 Å². The zero-order valence-electron chi connectivity index (χ0n) is 56.4. The lowest BCUT2D eigenvalue weighted by Gasteiger charge is -2.40. The van der Waals surface area contributed by atoms with Crippen molar-refractivity contribution in [1.82, 2.24) is 41.3 Å². The average molecular weight is 1310 g/mol. The molecule has 2 aliphatic heterocycles. The standard InChI is InChI=1S/C67H99N11O16/c1-13-42(6)57(51(92-11)37-55(82)77-35-21-25-50(77)58(93-12)43(7)59(83)73-49(63(87)88)36-44-22-16-14-17-23-44)76(10)62(86)47(40(2)3)38-70-64(89)67(8,9)75-66(91)94-39-45-27-29-46(30-28-45)71-60(84)48(24-20-33-69-65(68)90)72-61(85)56(41(4)5)74-52(79)26-18-15-19-34-78-53(80)31-32-54(78)81/h14,16-17,22-23,27-32,38,40-43,47-51,56-58H,13,15,18-21,24-26,33-37,39H2,1-12H3,(H,71,84)(H,72,85)(H,73,83)(H,74,79)(H,75,91)(H,87,88)(H3,68,69,90)/b70-38+/t42-,43+,47?,48-,49?,50-,51+,56-,57-,58+/m0/s1. The van der Waals surface area contributed by atoms with Crippen LogP contribution in [0.5, 0.6) is 0 Å². The predicted molar refractivity (Wildman–Crippen MR) is 350 cm³/mol. The maximum absolute atomic E-state index is 14.6. The van der Waals surface area contributed by atoms with E-state index >= 15 is 0 Å². The van der Waals surface area contributed by atoms with Crippen LogP contribution >= 0.6 is 0 Å². The molecule has 0 spiro atoms. The Hall–Kier alpha value is -8.59. The molecule has 10 atom stereocenters. The third-order valence-corrected chi connectivity index (χ3v) is 17.1. The number of carbonyl (C=O) groups is 12. The van der Waals surface area contributed by atoms with Gasteiger partial charge in [0.25, 0.3) is 17.7 Å². The summed E-state index contributed by atoms with van der Waals surface area (Å²) in [6, 6.07) is 10.0. The van der Waals surface area contributed by atoms with Gasteiger partial charge in [-0.2, -0.15) is 0 Å². The number of nitrogens with one attached hydrogen (secondary N) is 6. The molecule has 4 rings (SSSR count). The van der Waals surface area contributed by atoms with Crippen molar-refractivity contribution >= 4 is 83.2 Å². The highest BCUT2D eigenvalue weighted by atomic mass is 16.5. The number of carboxylic acids is 1. The van der Waals surface area contributed by atoms with Crippen LogP contribution < -0.4 is 37.6 Å². The molecule has 1 fully saturated rings. The summed E-state index contributed by atoms with van der Waals surface area (Å²) < 4.78 is 17.4. The summed E-state index contributed by atoms with van der Waals surface area (Å²) in [6.07, 6.45) is 4.79. The van der Waals surface area contributed by atoms with E-state index in [1.807, 2.05) is 19.9 Å². The first-order valence-corrected chi connectivity index (χ1v) is 32.2. The van der Waals surface area contributed by atoms with Crippen molar-refractivity contribution in [2.75, 3.05) is 46.2 Å². The molecule has 1 saturated heterocycles. The van der Waals surface area contributed by atoms with E-state index in [0.29, 0.717) is 56.3 Å². The van der Waals surface area contributed by atoms with E-state index in [1.54, 1.807) is 95.1 Å². The molecule has 2 unspecified atom stereocenters. The van der Waals surface area contributed by atoms with Gasteiger partial charge in [-0.15, -0.1) is 0 Å². The summed E-state index contributed by atoms with van der Waals surface area (Å²) in [5.74, 6) is -8.20. The molecule has 27 heteroatoms. The van der Waals surface area contributed by atoms with Crippen LogP contribution in [0.2, 0.25) is 0 Å². The molecule has 2 aromatic carbocycles. The zero-order valence-corrected chi connectivity index (χ0v) is 56.4. The molecule has 2 aromatic rings. The first-order chi connectivity index (χ1) is 44.4. The van der Waals surface area contributed by atoms with Gasteiger partial charge in [0, 0.05) is 77.8 Å². The van der Waals surface area contributed by atoms with Crippen LogP contribution in [-0.2, 0) is 75.2 Å². The van der Waals surface area contributed by atoms with Gasteiger partial charge in [-0.1, -0.05) is 104 Å². The van der Waals surface area contributed by atoms with Crippen molar-refractivity contribution in [2.45, 2.75) is 188 Å². The summed E-state index contributed by atoms with van der Waals surface area (Å²) in [5, 5.41) is 25.9. The molecular formula is C67H99N11O16. The number of imide groups is 1. The van der Waals surface area contributed by atoms with Crippen molar-refractivity contribution in [3.05, 3.63) is 77.9 Å². The number of nitrogens with two attached hydrogens (primary N) is 1. The molecule has 0 aromatic heterocycles. The van der Waals surface area contributed by atoms with Crippen LogP contribution in [0.3, 0.4) is 0 Å². The highest BCUT2D eigenvalue weighted by Crippen LogP contribution is 2.30. The number of rotatable bonds is 38. The van der Waals surface area contributed by atoms with E-state index in [1.165, 1.54) is 51.3 Å². The zero-order chi connectivity index (χ0) is 70.0. The van der Waals surface area contributed by atoms with Crippen molar-refractivity contribution in [3.63, 3.8) is 0 Å². The molecule has 27 nitrogen and oxygen atoms in total. The van der Waals surface area contributed by atoms with Gasteiger partial charge in [-0.25, -0.2) is 19.4 Å². The van der Waals surface area contributed by atoms with E-state index in [2.05, 4.69) is 36.9 Å². The molecule has 0 radical (unpaired) electrons. The summed E-state index contributed by atoms with van der Waals surface area (Å²) in [6.45, 7) is 16.0. The van der Waals surface area contributed by atoms with Crippen LogP contribution in [0.15, 0.2) is 71.7 Å². The number of hydrogen-bond donors (Lipinski definition) is 8. The van der Waals surface area contributed by atoms with E-state index < -0.39 is 107 Å². The van der Waals surface area contributed by atoms with Gasteiger partial charge in [0.1, 0.15) is 30.3 Å². The van der Waals surface area contributed by atoms with Gasteiger partial charge in [0.2, 0.25) is 35.4 Å². The monoisotopic (exact) mass is 1310 g/mol. The molecule has 0 bridgehead atoms. The second-order valence-corrected chi connectivity index (χ2v) is 25.3. The molecule has 0 saturated carbocycles. The van der Waals surface area contributed by atoms with Crippen LogP contribution in [-0.4, -0.2) is 186 Å². The van der Waals surface area contributed by atoms with Gasteiger partial charge >= 0.3 is 18.1 Å². The van der Waals surface area contributed by atoms with Crippen LogP contribution in [0.4, 0.5) is 15.3 Å². The average Bonchev–Trinajstić information content (AvgIpc) is 1.37. The van der Waals surface area contributed by atoms with Crippen LogP contribution in [0.25, 0.3) is 0 Å². The molecule has 0 aliphatic carbocycles.